The van der Waals surface area contributed by atoms with E-state index in [1.807, 2.05) is 48.0 Å². The van der Waals surface area contributed by atoms with Crippen LogP contribution in [-0.2, 0) is 12.8 Å². The first kappa shape index (κ1) is 20.5. The van der Waals surface area contributed by atoms with E-state index in [-0.39, 0.29) is 0 Å². The van der Waals surface area contributed by atoms with Crippen LogP contribution in [0.1, 0.15) is 35.2 Å². The van der Waals surface area contributed by atoms with Crippen LogP contribution in [0.2, 0.25) is 0 Å². The summed E-state index contributed by atoms with van der Waals surface area (Å²) in [5, 5.41) is 18.1. The van der Waals surface area contributed by atoms with Crippen molar-refractivity contribution >= 4 is 22.5 Å². The molecule has 0 spiro atoms. The van der Waals surface area contributed by atoms with Crippen molar-refractivity contribution in [1.29, 1.82) is 0 Å². The number of aryl methyl sites for hydroxylation is 4. The number of hydrogen-bond acceptors (Lipinski definition) is 5. The molecule has 3 aromatic heterocycles. The zero-order chi connectivity index (χ0) is 23.1. The van der Waals surface area contributed by atoms with Crippen molar-refractivity contribution in [2.24, 2.45) is 0 Å². The van der Waals surface area contributed by atoms with Gasteiger partial charge in [-0.3, -0.25) is 0 Å². The highest BCUT2D eigenvalue weighted by atomic mass is 15.4. The molecule has 6 rings (SSSR count). The van der Waals surface area contributed by atoms with Crippen molar-refractivity contribution in [3.63, 3.8) is 0 Å². The van der Waals surface area contributed by atoms with E-state index in [9.17, 15) is 0 Å². The van der Waals surface area contributed by atoms with Gasteiger partial charge in [-0.05, 0) is 86.6 Å². The number of nitrogens with zero attached hydrogens (tertiary/aromatic N) is 5. The highest BCUT2D eigenvalue weighted by Gasteiger charge is 2.14. The van der Waals surface area contributed by atoms with Crippen molar-refractivity contribution < 1.29 is 0 Å². The maximum atomic E-state index is 4.84. The lowest BCUT2D eigenvalue weighted by Crippen LogP contribution is -2.06. The average molecular weight is 447 g/mol. The molecule has 0 amide bonds. The van der Waals surface area contributed by atoms with Crippen molar-refractivity contribution in [2.75, 3.05) is 5.32 Å². The Balaban J connectivity index is 1.29. The standard InChI is InChI=1S/C28H26N6/c1-18-15-27(29-25-10-6-5-9-23(18)25)34-28(16-19(2)33-34)30-26-14-13-24(31-32-26)22-12-11-20-7-3-4-8-21(20)17-22/h5-6,9-17H,3-4,7-8H2,1-2H3,(H,30,32). The first-order chi connectivity index (χ1) is 16.6. The third-order valence-corrected chi connectivity index (χ3v) is 6.52. The van der Waals surface area contributed by atoms with Gasteiger partial charge in [-0.25, -0.2) is 4.98 Å². The second-order valence-corrected chi connectivity index (χ2v) is 9.02. The predicted molar refractivity (Wildman–Crippen MR) is 136 cm³/mol. The van der Waals surface area contributed by atoms with Gasteiger partial charge in [0.2, 0.25) is 0 Å². The monoisotopic (exact) mass is 446 g/mol. The fraction of sp³-hybridized carbons (Fsp3) is 0.214. The summed E-state index contributed by atoms with van der Waals surface area (Å²) in [7, 11) is 0. The largest absolute Gasteiger partial charge is 0.323 e. The second kappa shape index (κ2) is 8.37. The highest BCUT2D eigenvalue weighted by molar-refractivity contribution is 5.83. The Hall–Kier alpha value is -4.06. The minimum Gasteiger partial charge on any atom is -0.323 e. The molecule has 168 valence electrons. The molecule has 0 bridgehead atoms. The van der Waals surface area contributed by atoms with E-state index in [4.69, 9.17) is 4.98 Å². The van der Waals surface area contributed by atoms with Crippen LogP contribution in [0.3, 0.4) is 0 Å². The van der Waals surface area contributed by atoms with Gasteiger partial charge in [-0.2, -0.15) is 9.78 Å². The molecule has 0 saturated carbocycles. The topological polar surface area (TPSA) is 68.5 Å². The van der Waals surface area contributed by atoms with Crippen LogP contribution in [-0.4, -0.2) is 25.0 Å². The number of pyridine rings is 1. The Morgan fingerprint density at radius 1 is 0.824 bits per heavy atom. The summed E-state index contributed by atoms with van der Waals surface area (Å²) in [6.45, 7) is 4.07. The summed E-state index contributed by atoms with van der Waals surface area (Å²) in [4.78, 5) is 4.84. The number of rotatable bonds is 4. The van der Waals surface area contributed by atoms with Crippen molar-refractivity contribution in [2.45, 2.75) is 39.5 Å². The van der Waals surface area contributed by atoms with Gasteiger partial charge in [0.15, 0.2) is 11.6 Å². The molecule has 0 atom stereocenters. The Bertz CT molecular complexity index is 1500. The molecule has 6 heteroatoms. The normalized spacial score (nSPS) is 13.1. The molecule has 0 radical (unpaired) electrons. The summed E-state index contributed by atoms with van der Waals surface area (Å²) in [5.74, 6) is 2.24. The molecule has 1 aliphatic rings. The van der Waals surface area contributed by atoms with Gasteiger partial charge in [-0.1, -0.05) is 30.3 Å². The van der Waals surface area contributed by atoms with E-state index in [1.165, 1.54) is 30.4 Å². The quantitative estimate of drug-likeness (QED) is 0.360. The van der Waals surface area contributed by atoms with Gasteiger partial charge < -0.3 is 5.32 Å². The Morgan fingerprint density at radius 2 is 1.68 bits per heavy atom. The van der Waals surface area contributed by atoms with E-state index >= 15 is 0 Å². The van der Waals surface area contributed by atoms with E-state index in [1.54, 1.807) is 0 Å². The summed E-state index contributed by atoms with van der Waals surface area (Å²) in [6, 6.07) is 22.9. The van der Waals surface area contributed by atoms with Crippen LogP contribution in [0.4, 0.5) is 11.6 Å². The summed E-state index contributed by atoms with van der Waals surface area (Å²) < 4.78 is 1.83. The van der Waals surface area contributed by atoms with Crippen LogP contribution in [0.15, 0.2) is 66.7 Å². The first-order valence-corrected chi connectivity index (χ1v) is 11.8. The fourth-order valence-electron chi connectivity index (χ4n) is 4.78. The molecule has 0 unspecified atom stereocenters. The summed E-state index contributed by atoms with van der Waals surface area (Å²) >= 11 is 0. The number of aromatic nitrogens is 5. The minimum atomic E-state index is 0.667. The molecule has 3 heterocycles. The smallest absolute Gasteiger partial charge is 0.156 e. The molecule has 0 aliphatic heterocycles. The van der Waals surface area contributed by atoms with Crippen LogP contribution in [0, 0.1) is 13.8 Å². The predicted octanol–water partition coefficient (Wildman–Crippen LogP) is 6.12. The number of anilines is 2. The number of nitrogens with one attached hydrogen (secondary N) is 1. The Morgan fingerprint density at radius 3 is 2.53 bits per heavy atom. The van der Waals surface area contributed by atoms with Gasteiger partial charge in [0.1, 0.15) is 5.82 Å². The molecule has 2 aromatic carbocycles. The first-order valence-electron chi connectivity index (χ1n) is 11.8. The van der Waals surface area contributed by atoms with Crippen LogP contribution >= 0.6 is 0 Å². The number of hydrogen-bond donors (Lipinski definition) is 1. The van der Waals surface area contributed by atoms with Gasteiger partial charge in [0, 0.05) is 17.0 Å². The summed E-state index contributed by atoms with van der Waals surface area (Å²) in [6.07, 6.45) is 4.89. The van der Waals surface area contributed by atoms with Gasteiger partial charge >= 0.3 is 0 Å². The third-order valence-electron chi connectivity index (χ3n) is 6.52. The molecule has 5 aromatic rings. The van der Waals surface area contributed by atoms with Crippen molar-refractivity contribution in [1.82, 2.24) is 25.0 Å². The number of para-hydroxylation sites is 1. The molecule has 1 aliphatic carbocycles. The lowest BCUT2D eigenvalue weighted by atomic mass is 9.90. The van der Waals surface area contributed by atoms with Crippen LogP contribution in [0.25, 0.3) is 28.0 Å². The lowest BCUT2D eigenvalue weighted by Gasteiger charge is -2.16. The van der Waals surface area contributed by atoms with E-state index in [0.717, 1.165) is 51.5 Å². The Kier molecular flexibility index (Phi) is 5.06. The maximum Gasteiger partial charge on any atom is 0.156 e. The average Bonchev–Trinajstić information content (AvgIpc) is 3.24. The van der Waals surface area contributed by atoms with E-state index in [2.05, 4.69) is 57.9 Å². The summed E-state index contributed by atoms with van der Waals surface area (Å²) in [5.41, 5.74) is 7.94. The third kappa shape index (κ3) is 3.81. The van der Waals surface area contributed by atoms with Crippen molar-refractivity contribution in [3.8, 4) is 17.1 Å². The number of fused-ring (bicyclic) bond motifs is 2. The van der Waals surface area contributed by atoms with Crippen LogP contribution < -0.4 is 5.32 Å². The highest BCUT2D eigenvalue weighted by Crippen LogP contribution is 2.28. The zero-order valence-electron chi connectivity index (χ0n) is 19.4. The van der Waals surface area contributed by atoms with Gasteiger partial charge in [-0.15, -0.1) is 10.2 Å². The van der Waals surface area contributed by atoms with Gasteiger partial charge in [0.25, 0.3) is 0 Å². The second-order valence-electron chi connectivity index (χ2n) is 9.02. The van der Waals surface area contributed by atoms with Crippen molar-refractivity contribution in [3.05, 3.63) is 89.1 Å². The molecule has 0 fully saturated rings. The molecule has 0 saturated heterocycles. The van der Waals surface area contributed by atoms with E-state index in [0.29, 0.717) is 5.82 Å². The zero-order valence-corrected chi connectivity index (χ0v) is 19.4. The maximum absolute atomic E-state index is 4.84. The molecule has 1 N–H and O–H groups in total. The Labute approximate surface area is 198 Å². The van der Waals surface area contributed by atoms with Crippen LogP contribution in [0.5, 0.6) is 0 Å². The molecule has 6 nitrogen and oxygen atoms in total. The molecule has 34 heavy (non-hydrogen) atoms. The minimum absolute atomic E-state index is 0.667. The molecular weight excluding hydrogens is 420 g/mol. The fourth-order valence-corrected chi connectivity index (χ4v) is 4.78. The number of benzene rings is 2. The SMILES string of the molecule is Cc1cc(Nc2ccc(-c3ccc4c(c3)CCCC4)nn2)n(-c2cc(C)c3ccccc3n2)n1. The van der Waals surface area contributed by atoms with E-state index < -0.39 is 0 Å². The molecular formula is C28H26N6. The lowest BCUT2D eigenvalue weighted by molar-refractivity contribution is 0.686. The van der Waals surface area contributed by atoms with Gasteiger partial charge in [0.05, 0.1) is 16.9 Å².